The molecule has 1 saturated heterocycles. The van der Waals surface area contributed by atoms with E-state index < -0.39 is 0 Å². The summed E-state index contributed by atoms with van der Waals surface area (Å²) in [6.45, 7) is 6.97. The van der Waals surface area contributed by atoms with Crippen molar-refractivity contribution in [3.05, 3.63) is 28.8 Å². The average Bonchev–Trinajstić information content (AvgIpc) is 2.79. The third kappa shape index (κ3) is 2.67. The highest BCUT2D eigenvalue weighted by Crippen LogP contribution is 2.23. The SMILES string of the molecule is Cc1cc(C)c(OC(=O)C2CCCN2)cc1C. The summed E-state index contributed by atoms with van der Waals surface area (Å²) in [7, 11) is 0. The van der Waals surface area contributed by atoms with Gasteiger partial charge in [0.2, 0.25) is 0 Å². The zero-order chi connectivity index (χ0) is 12.4. The maximum absolute atomic E-state index is 11.9. The first kappa shape index (κ1) is 12.1. The van der Waals surface area contributed by atoms with Crippen LogP contribution >= 0.6 is 0 Å². The molecule has 1 aliphatic heterocycles. The largest absolute Gasteiger partial charge is 0.425 e. The molecule has 3 heteroatoms. The number of ether oxygens (including phenoxy) is 1. The third-order valence-corrected chi connectivity index (χ3v) is 3.35. The van der Waals surface area contributed by atoms with E-state index in [-0.39, 0.29) is 12.0 Å². The molecule has 0 aromatic heterocycles. The second-order valence-electron chi connectivity index (χ2n) is 4.77. The van der Waals surface area contributed by atoms with Crippen LogP contribution in [-0.2, 0) is 4.79 Å². The van der Waals surface area contributed by atoms with Gasteiger partial charge in [-0.2, -0.15) is 0 Å². The Morgan fingerprint density at radius 3 is 2.59 bits per heavy atom. The molecule has 0 aliphatic carbocycles. The van der Waals surface area contributed by atoms with E-state index in [4.69, 9.17) is 4.74 Å². The normalized spacial score (nSPS) is 19.4. The van der Waals surface area contributed by atoms with Crippen LogP contribution in [0.2, 0.25) is 0 Å². The Balaban J connectivity index is 2.12. The van der Waals surface area contributed by atoms with Crippen molar-refractivity contribution in [2.24, 2.45) is 0 Å². The van der Waals surface area contributed by atoms with Crippen molar-refractivity contribution in [1.29, 1.82) is 0 Å². The van der Waals surface area contributed by atoms with Gasteiger partial charge in [-0.3, -0.25) is 0 Å². The molecule has 0 radical (unpaired) electrons. The number of rotatable bonds is 2. The first-order valence-electron chi connectivity index (χ1n) is 6.11. The van der Waals surface area contributed by atoms with Crippen LogP contribution in [0.15, 0.2) is 12.1 Å². The Kier molecular flexibility index (Phi) is 3.48. The highest BCUT2D eigenvalue weighted by molar-refractivity contribution is 5.79. The minimum Gasteiger partial charge on any atom is -0.425 e. The molecule has 2 rings (SSSR count). The molecule has 1 atom stereocenters. The van der Waals surface area contributed by atoms with Gasteiger partial charge in [-0.25, -0.2) is 4.79 Å². The Bertz CT molecular complexity index is 434. The van der Waals surface area contributed by atoms with Gasteiger partial charge < -0.3 is 10.1 Å². The fourth-order valence-corrected chi connectivity index (χ4v) is 2.11. The van der Waals surface area contributed by atoms with Crippen LogP contribution in [0, 0.1) is 20.8 Å². The van der Waals surface area contributed by atoms with Crippen molar-refractivity contribution in [3.8, 4) is 5.75 Å². The summed E-state index contributed by atoms with van der Waals surface area (Å²) >= 11 is 0. The van der Waals surface area contributed by atoms with Gasteiger partial charge in [0.05, 0.1) is 0 Å². The molecule has 0 amide bonds. The Morgan fingerprint density at radius 1 is 1.24 bits per heavy atom. The van der Waals surface area contributed by atoms with Crippen molar-refractivity contribution >= 4 is 5.97 Å². The van der Waals surface area contributed by atoms with E-state index >= 15 is 0 Å². The molecule has 1 fully saturated rings. The van der Waals surface area contributed by atoms with Gasteiger partial charge in [-0.1, -0.05) is 6.07 Å². The summed E-state index contributed by atoms with van der Waals surface area (Å²) in [5.41, 5.74) is 3.39. The molecular weight excluding hydrogens is 214 g/mol. The van der Waals surface area contributed by atoms with Crippen LogP contribution in [0.3, 0.4) is 0 Å². The molecule has 92 valence electrons. The quantitative estimate of drug-likeness (QED) is 0.629. The highest BCUT2D eigenvalue weighted by atomic mass is 16.5. The number of esters is 1. The fourth-order valence-electron chi connectivity index (χ4n) is 2.11. The van der Waals surface area contributed by atoms with Crippen LogP contribution in [0.4, 0.5) is 0 Å². The maximum Gasteiger partial charge on any atom is 0.328 e. The van der Waals surface area contributed by atoms with Crippen molar-refractivity contribution < 1.29 is 9.53 Å². The lowest BCUT2D eigenvalue weighted by Gasteiger charge is -2.13. The number of benzene rings is 1. The van der Waals surface area contributed by atoms with E-state index in [1.54, 1.807) is 0 Å². The second kappa shape index (κ2) is 4.88. The number of hydrogen-bond donors (Lipinski definition) is 1. The van der Waals surface area contributed by atoms with Crippen molar-refractivity contribution in [2.45, 2.75) is 39.7 Å². The summed E-state index contributed by atoms with van der Waals surface area (Å²) in [6, 6.07) is 3.87. The zero-order valence-electron chi connectivity index (χ0n) is 10.7. The lowest BCUT2D eigenvalue weighted by Crippen LogP contribution is -2.34. The molecule has 1 aromatic rings. The molecule has 1 heterocycles. The predicted molar refractivity (Wildman–Crippen MR) is 67.3 cm³/mol. The lowest BCUT2D eigenvalue weighted by molar-refractivity contribution is -0.136. The monoisotopic (exact) mass is 233 g/mol. The van der Waals surface area contributed by atoms with E-state index in [1.807, 2.05) is 19.9 Å². The van der Waals surface area contributed by atoms with Crippen LogP contribution in [0.5, 0.6) is 5.75 Å². The van der Waals surface area contributed by atoms with E-state index in [1.165, 1.54) is 5.56 Å². The van der Waals surface area contributed by atoms with Crippen molar-refractivity contribution in [3.63, 3.8) is 0 Å². The number of hydrogen-bond acceptors (Lipinski definition) is 3. The predicted octanol–water partition coefficient (Wildman–Crippen LogP) is 2.27. The molecule has 3 nitrogen and oxygen atoms in total. The zero-order valence-corrected chi connectivity index (χ0v) is 10.7. The highest BCUT2D eigenvalue weighted by Gasteiger charge is 2.24. The summed E-state index contributed by atoms with van der Waals surface area (Å²) in [4.78, 5) is 11.9. The average molecular weight is 233 g/mol. The first-order valence-corrected chi connectivity index (χ1v) is 6.11. The van der Waals surface area contributed by atoms with E-state index in [9.17, 15) is 4.79 Å². The molecule has 1 aromatic carbocycles. The minimum atomic E-state index is -0.158. The second-order valence-corrected chi connectivity index (χ2v) is 4.77. The summed E-state index contributed by atoms with van der Waals surface area (Å²) in [5.74, 6) is 0.528. The summed E-state index contributed by atoms with van der Waals surface area (Å²) in [6.07, 6.45) is 1.92. The summed E-state index contributed by atoms with van der Waals surface area (Å²) < 4.78 is 5.46. The van der Waals surface area contributed by atoms with Crippen LogP contribution in [0.1, 0.15) is 29.5 Å². The van der Waals surface area contributed by atoms with Gasteiger partial charge in [0.25, 0.3) is 0 Å². The lowest BCUT2D eigenvalue weighted by atomic mass is 10.1. The standard InChI is InChI=1S/C14H19NO2/c1-9-7-11(3)13(8-10(9)2)17-14(16)12-5-4-6-15-12/h7-8,12,15H,4-6H2,1-3H3. The van der Waals surface area contributed by atoms with Crippen LogP contribution in [-0.4, -0.2) is 18.6 Å². The smallest absolute Gasteiger partial charge is 0.328 e. The Hall–Kier alpha value is -1.35. The molecule has 1 aliphatic rings. The van der Waals surface area contributed by atoms with Gasteiger partial charge in [-0.05, 0) is 62.9 Å². The third-order valence-electron chi connectivity index (χ3n) is 3.35. The van der Waals surface area contributed by atoms with Crippen molar-refractivity contribution in [1.82, 2.24) is 5.32 Å². The number of aryl methyl sites for hydroxylation is 3. The topological polar surface area (TPSA) is 38.3 Å². The van der Waals surface area contributed by atoms with Gasteiger partial charge >= 0.3 is 5.97 Å². The molecule has 0 bridgehead atoms. The first-order chi connectivity index (χ1) is 8.08. The number of carbonyl (C=O) groups excluding carboxylic acids is 1. The van der Waals surface area contributed by atoms with Gasteiger partial charge in [0.15, 0.2) is 0 Å². The van der Waals surface area contributed by atoms with Gasteiger partial charge in [0, 0.05) is 0 Å². The fraction of sp³-hybridized carbons (Fsp3) is 0.500. The molecule has 1 unspecified atom stereocenters. The van der Waals surface area contributed by atoms with Gasteiger partial charge in [-0.15, -0.1) is 0 Å². The van der Waals surface area contributed by atoms with E-state index in [0.29, 0.717) is 5.75 Å². The van der Waals surface area contributed by atoms with E-state index in [0.717, 1.165) is 30.5 Å². The minimum absolute atomic E-state index is 0.129. The Morgan fingerprint density at radius 2 is 1.94 bits per heavy atom. The van der Waals surface area contributed by atoms with Gasteiger partial charge in [0.1, 0.15) is 11.8 Å². The molecule has 0 spiro atoms. The van der Waals surface area contributed by atoms with Crippen molar-refractivity contribution in [2.75, 3.05) is 6.54 Å². The van der Waals surface area contributed by atoms with Crippen LogP contribution in [0.25, 0.3) is 0 Å². The molecule has 0 saturated carbocycles. The molecular formula is C14H19NO2. The van der Waals surface area contributed by atoms with E-state index in [2.05, 4.69) is 18.3 Å². The summed E-state index contributed by atoms with van der Waals surface area (Å²) in [5, 5.41) is 3.15. The molecule has 1 N–H and O–H groups in total. The maximum atomic E-state index is 11.9. The Labute approximate surface area is 102 Å². The molecule has 17 heavy (non-hydrogen) atoms. The van der Waals surface area contributed by atoms with Crippen LogP contribution < -0.4 is 10.1 Å². The number of nitrogens with one attached hydrogen (secondary N) is 1. The number of carbonyl (C=O) groups is 1.